The molecule has 0 amide bonds. The molecule has 1 unspecified atom stereocenters. The van der Waals surface area contributed by atoms with Gasteiger partial charge in [-0.1, -0.05) is 26.7 Å². The summed E-state index contributed by atoms with van der Waals surface area (Å²) in [5.41, 5.74) is 1.84. The molecule has 1 saturated carbocycles. The van der Waals surface area contributed by atoms with Gasteiger partial charge in [-0.05, 0) is 49.9 Å². The third kappa shape index (κ3) is 4.72. The molecule has 0 spiro atoms. The Kier molecular flexibility index (Phi) is 8.24. The lowest BCUT2D eigenvalue weighted by molar-refractivity contribution is 0.379. The van der Waals surface area contributed by atoms with Gasteiger partial charge < -0.3 is 14.9 Å². The maximum absolute atomic E-state index is 13.9. The van der Waals surface area contributed by atoms with Crippen LogP contribution in [0.2, 0.25) is 0 Å². The number of hydrogen-bond donors (Lipinski definition) is 2. The summed E-state index contributed by atoms with van der Waals surface area (Å²) in [6.07, 6.45) is 4.25. The van der Waals surface area contributed by atoms with Crippen LogP contribution in [-0.4, -0.2) is 29.1 Å². The number of nitriles is 1. The molecule has 1 aliphatic rings. The first kappa shape index (κ1) is 20.5. The predicted octanol–water partition coefficient (Wildman–Crippen LogP) is 3.38. The summed E-state index contributed by atoms with van der Waals surface area (Å²) in [5, 5.41) is 28.3. The van der Waals surface area contributed by atoms with E-state index in [-0.39, 0.29) is 18.3 Å². The van der Waals surface area contributed by atoms with E-state index in [4.69, 9.17) is 5.26 Å². The van der Waals surface area contributed by atoms with Gasteiger partial charge in [0.15, 0.2) is 0 Å². The van der Waals surface area contributed by atoms with Crippen LogP contribution in [0, 0.1) is 24.1 Å². The lowest BCUT2D eigenvalue weighted by Gasteiger charge is -2.38. The Morgan fingerprint density at radius 2 is 1.92 bits per heavy atom. The first-order valence-corrected chi connectivity index (χ1v) is 8.76. The van der Waals surface area contributed by atoms with E-state index in [1.807, 2.05) is 18.7 Å². The first-order chi connectivity index (χ1) is 11.5. The summed E-state index contributed by atoms with van der Waals surface area (Å²) in [5.74, 6) is -0.844. The Morgan fingerprint density at radius 1 is 1.33 bits per heavy atom. The second-order valence-electron chi connectivity index (χ2n) is 6.06. The molecule has 0 bridgehead atoms. The summed E-state index contributed by atoms with van der Waals surface area (Å²) in [6, 6.07) is 5.38. The standard InChI is InChI=1S/C16H22BFN2O2.C2H6/c1-11-9-16(13(7-8-19)10-15(11)18)20(12(2)17(21)22)14-5-3-4-6-14;1-2/h9-10,12,14,21-22H,3-7H2,1-2H3;1-2H3. The minimum Gasteiger partial charge on any atom is -0.426 e. The highest BCUT2D eigenvalue weighted by Gasteiger charge is 2.34. The van der Waals surface area contributed by atoms with Crippen molar-refractivity contribution < 1.29 is 14.4 Å². The van der Waals surface area contributed by atoms with Crippen molar-refractivity contribution in [2.45, 2.75) is 71.8 Å². The lowest BCUT2D eigenvalue weighted by Crippen LogP contribution is -2.49. The van der Waals surface area contributed by atoms with Crippen molar-refractivity contribution in [3.63, 3.8) is 0 Å². The molecule has 1 aliphatic carbocycles. The molecule has 132 valence electrons. The SMILES string of the molecule is CC.Cc1cc(N(C2CCCC2)C(C)B(O)O)c(CC#N)cc1F. The number of rotatable bonds is 5. The summed E-state index contributed by atoms with van der Waals surface area (Å²) in [6.45, 7) is 7.43. The minimum absolute atomic E-state index is 0.101. The zero-order valence-corrected chi connectivity index (χ0v) is 15.1. The zero-order valence-electron chi connectivity index (χ0n) is 15.1. The van der Waals surface area contributed by atoms with Crippen molar-refractivity contribution in [2.75, 3.05) is 4.90 Å². The summed E-state index contributed by atoms with van der Waals surface area (Å²) in [7, 11) is -1.49. The van der Waals surface area contributed by atoms with Crippen molar-refractivity contribution in [3.05, 3.63) is 29.1 Å². The highest BCUT2D eigenvalue weighted by atomic mass is 19.1. The molecule has 2 N–H and O–H groups in total. The fourth-order valence-electron chi connectivity index (χ4n) is 3.25. The smallest absolute Gasteiger partial charge is 0.426 e. The van der Waals surface area contributed by atoms with Crippen LogP contribution < -0.4 is 4.90 Å². The molecule has 0 aromatic heterocycles. The molecular weight excluding hydrogens is 306 g/mol. The quantitative estimate of drug-likeness (QED) is 0.810. The largest absolute Gasteiger partial charge is 0.475 e. The Bertz CT molecular complexity index is 567. The molecule has 1 aromatic rings. The maximum atomic E-state index is 13.9. The summed E-state index contributed by atoms with van der Waals surface area (Å²) < 4.78 is 13.9. The van der Waals surface area contributed by atoms with Crippen LogP contribution in [0.4, 0.5) is 10.1 Å². The van der Waals surface area contributed by atoms with Gasteiger partial charge in [-0.25, -0.2) is 4.39 Å². The van der Waals surface area contributed by atoms with Gasteiger partial charge in [0.1, 0.15) is 5.82 Å². The van der Waals surface area contributed by atoms with E-state index in [9.17, 15) is 14.4 Å². The molecule has 1 atom stereocenters. The fraction of sp³-hybridized carbons (Fsp3) is 0.611. The van der Waals surface area contributed by atoms with E-state index in [0.29, 0.717) is 11.1 Å². The average molecular weight is 334 g/mol. The van der Waals surface area contributed by atoms with Crippen LogP contribution in [0.1, 0.15) is 57.6 Å². The third-order valence-corrected chi connectivity index (χ3v) is 4.50. The number of benzene rings is 1. The Balaban J connectivity index is 0.00000139. The summed E-state index contributed by atoms with van der Waals surface area (Å²) in [4.78, 5) is 1.97. The molecule has 0 saturated heterocycles. The topological polar surface area (TPSA) is 67.5 Å². The monoisotopic (exact) mass is 334 g/mol. The molecule has 2 rings (SSSR count). The Hall–Kier alpha value is -1.58. The number of hydrogen-bond acceptors (Lipinski definition) is 4. The molecule has 1 aromatic carbocycles. The molecule has 0 aliphatic heterocycles. The van der Waals surface area contributed by atoms with Gasteiger partial charge in [0.05, 0.1) is 18.4 Å². The van der Waals surface area contributed by atoms with E-state index >= 15 is 0 Å². The van der Waals surface area contributed by atoms with Gasteiger partial charge >= 0.3 is 7.12 Å². The second kappa shape index (κ2) is 9.66. The van der Waals surface area contributed by atoms with Gasteiger partial charge in [-0.3, -0.25) is 0 Å². The van der Waals surface area contributed by atoms with Crippen molar-refractivity contribution in [3.8, 4) is 6.07 Å². The minimum atomic E-state index is -1.49. The molecule has 4 nitrogen and oxygen atoms in total. The van der Waals surface area contributed by atoms with E-state index in [0.717, 1.165) is 31.4 Å². The van der Waals surface area contributed by atoms with Crippen molar-refractivity contribution in [1.29, 1.82) is 5.26 Å². The summed E-state index contributed by atoms with van der Waals surface area (Å²) >= 11 is 0. The first-order valence-electron chi connectivity index (χ1n) is 8.76. The highest BCUT2D eigenvalue weighted by Crippen LogP contribution is 2.34. The second-order valence-corrected chi connectivity index (χ2v) is 6.06. The van der Waals surface area contributed by atoms with Crippen molar-refractivity contribution in [1.82, 2.24) is 0 Å². The van der Waals surface area contributed by atoms with Crippen molar-refractivity contribution in [2.24, 2.45) is 0 Å². The normalized spacial score (nSPS) is 15.2. The van der Waals surface area contributed by atoms with Crippen LogP contribution in [-0.2, 0) is 6.42 Å². The van der Waals surface area contributed by atoms with E-state index in [1.165, 1.54) is 6.07 Å². The molecule has 6 heteroatoms. The van der Waals surface area contributed by atoms with Crippen LogP contribution in [0.25, 0.3) is 0 Å². The number of aryl methyl sites for hydroxylation is 1. The third-order valence-electron chi connectivity index (χ3n) is 4.50. The zero-order chi connectivity index (χ0) is 18.3. The van der Waals surface area contributed by atoms with Crippen LogP contribution in [0.3, 0.4) is 0 Å². The highest BCUT2D eigenvalue weighted by molar-refractivity contribution is 6.44. The van der Waals surface area contributed by atoms with Gasteiger partial charge in [-0.15, -0.1) is 0 Å². The molecule has 0 radical (unpaired) electrons. The van der Waals surface area contributed by atoms with Gasteiger partial charge in [0.25, 0.3) is 0 Å². The van der Waals surface area contributed by atoms with E-state index in [2.05, 4.69) is 6.07 Å². The number of nitrogens with zero attached hydrogens (tertiary/aromatic N) is 2. The Labute approximate surface area is 145 Å². The van der Waals surface area contributed by atoms with Gasteiger partial charge in [-0.2, -0.15) is 5.26 Å². The lowest BCUT2D eigenvalue weighted by atomic mass is 9.78. The predicted molar refractivity (Wildman–Crippen MR) is 96.2 cm³/mol. The van der Waals surface area contributed by atoms with Gasteiger partial charge in [0, 0.05) is 11.7 Å². The maximum Gasteiger partial charge on any atom is 0.475 e. The van der Waals surface area contributed by atoms with E-state index < -0.39 is 13.1 Å². The average Bonchev–Trinajstić information content (AvgIpc) is 3.08. The number of halogens is 1. The molecule has 1 fully saturated rings. The molecule has 0 heterocycles. The fourth-order valence-corrected chi connectivity index (χ4v) is 3.25. The van der Waals surface area contributed by atoms with E-state index in [1.54, 1.807) is 19.9 Å². The van der Waals surface area contributed by atoms with Crippen molar-refractivity contribution >= 4 is 12.8 Å². The molecule has 24 heavy (non-hydrogen) atoms. The number of anilines is 1. The Morgan fingerprint density at radius 3 is 2.42 bits per heavy atom. The van der Waals surface area contributed by atoms with Crippen LogP contribution in [0.15, 0.2) is 12.1 Å². The van der Waals surface area contributed by atoms with Gasteiger partial charge in [0.2, 0.25) is 0 Å². The van der Waals surface area contributed by atoms with Crippen LogP contribution >= 0.6 is 0 Å². The van der Waals surface area contributed by atoms with Crippen LogP contribution in [0.5, 0.6) is 0 Å². The molecular formula is C18H28BFN2O2.